The Bertz CT molecular complexity index is 105. The van der Waals surface area contributed by atoms with Crippen LogP contribution in [0.5, 0.6) is 0 Å². The van der Waals surface area contributed by atoms with Gasteiger partial charge in [0.1, 0.15) is 0 Å². The summed E-state index contributed by atoms with van der Waals surface area (Å²) in [5, 5.41) is 0. The maximum Gasteiger partial charge on any atom is 0.00390 e. The Balaban J connectivity index is 3.72. The van der Waals surface area contributed by atoms with Crippen molar-refractivity contribution in [1.82, 2.24) is 0 Å². The molecule has 0 aromatic rings. The molecular weight excluding hydrogens is 122 g/mol. The number of rotatable bonds is 4. The van der Waals surface area contributed by atoms with Crippen LogP contribution in [0, 0.1) is 11.8 Å². The van der Waals surface area contributed by atoms with E-state index in [1.54, 1.807) is 0 Å². The summed E-state index contributed by atoms with van der Waals surface area (Å²) in [4.78, 5) is 0. The molecule has 0 saturated carbocycles. The van der Waals surface area contributed by atoms with E-state index in [0.717, 1.165) is 18.0 Å². The summed E-state index contributed by atoms with van der Waals surface area (Å²) in [6.45, 7) is 10.3. The molecule has 0 unspecified atom stereocenters. The Morgan fingerprint density at radius 2 is 2.00 bits per heavy atom. The van der Waals surface area contributed by atoms with Gasteiger partial charge in [-0.05, 0) is 24.7 Å². The second-order valence-electron chi connectivity index (χ2n) is 3.31. The van der Waals surface area contributed by atoms with Gasteiger partial charge in [-0.3, -0.25) is 0 Å². The van der Waals surface area contributed by atoms with Crippen molar-refractivity contribution in [3.05, 3.63) is 12.3 Å². The molecule has 1 atom stereocenters. The lowest BCUT2D eigenvalue weighted by Gasteiger charge is -2.16. The molecule has 60 valence electrons. The van der Waals surface area contributed by atoms with Crippen LogP contribution in [-0.4, -0.2) is 0 Å². The molecule has 0 heterocycles. The third-order valence-electron chi connectivity index (χ3n) is 1.77. The molecule has 1 nitrogen and oxygen atoms in total. The second-order valence-corrected chi connectivity index (χ2v) is 3.31. The van der Waals surface area contributed by atoms with Gasteiger partial charge in [-0.15, -0.1) is 0 Å². The van der Waals surface area contributed by atoms with Gasteiger partial charge in [-0.1, -0.05) is 27.4 Å². The lowest BCUT2D eigenvalue weighted by atomic mass is 9.93. The minimum atomic E-state index is 0.528. The second kappa shape index (κ2) is 4.37. The number of hydrogen-bond acceptors (Lipinski definition) is 1. The number of allylic oxidation sites excluding steroid dienone is 1. The van der Waals surface area contributed by atoms with Crippen LogP contribution in [0.3, 0.4) is 0 Å². The van der Waals surface area contributed by atoms with E-state index in [1.807, 2.05) is 0 Å². The van der Waals surface area contributed by atoms with Gasteiger partial charge in [0.15, 0.2) is 0 Å². The van der Waals surface area contributed by atoms with Crippen molar-refractivity contribution in [3.63, 3.8) is 0 Å². The Labute approximate surface area is 64.3 Å². The van der Waals surface area contributed by atoms with Crippen molar-refractivity contribution in [2.75, 3.05) is 0 Å². The summed E-state index contributed by atoms with van der Waals surface area (Å²) >= 11 is 0. The third-order valence-corrected chi connectivity index (χ3v) is 1.77. The largest absolute Gasteiger partial charge is 0.402 e. The van der Waals surface area contributed by atoms with Gasteiger partial charge in [0.05, 0.1) is 0 Å². The van der Waals surface area contributed by atoms with Gasteiger partial charge in [0, 0.05) is 5.70 Å². The smallest absolute Gasteiger partial charge is 0.00390 e. The first-order valence-electron chi connectivity index (χ1n) is 4.02. The lowest BCUT2D eigenvalue weighted by molar-refractivity contribution is 0.445. The van der Waals surface area contributed by atoms with Gasteiger partial charge >= 0.3 is 0 Å². The maximum atomic E-state index is 5.60. The van der Waals surface area contributed by atoms with Crippen molar-refractivity contribution in [2.24, 2.45) is 17.6 Å². The van der Waals surface area contributed by atoms with E-state index in [0.29, 0.717) is 5.92 Å². The standard InChI is InChI=1S/C9H19N/c1-5-9(8(4)10)6-7(2)3/h7,9H,4-6,10H2,1-3H3/t9-/m0/s1. The predicted molar refractivity (Wildman–Crippen MR) is 46.6 cm³/mol. The van der Waals surface area contributed by atoms with Crippen LogP contribution in [0.15, 0.2) is 12.3 Å². The molecule has 1 heteroatoms. The SMILES string of the molecule is C=C(N)[C@@H](CC)CC(C)C. The van der Waals surface area contributed by atoms with Crippen molar-refractivity contribution >= 4 is 0 Å². The topological polar surface area (TPSA) is 26.0 Å². The zero-order valence-corrected chi connectivity index (χ0v) is 7.35. The quantitative estimate of drug-likeness (QED) is 0.639. The van der Waals surface area contributed by atoms with Gasteiger partial charge in [0.25, 0.3) is 0 Å². The third kappa shape index (κ3) is 3.54. The molecule has 0 radical (unpaired) electrons. The lowest BCUT2D eigenvalue weighted by Crippen LogP contribution is -2.12. The average Bonchev–Trinajstić information content (AvgIpc) is 1.81. The van der Waals surface area contributed by atoms with E-state index in [1.165, 1.54) is 6.42 Å². The van der Waals surface area contributed by atoms with E-state index in [2.05, 4.69) is 27.4 Å². The highest BCUT2D eigenvalue weighted by Crippen LogP contribution is 2.18. The Morgan fingerprint density at radius 1 is 1.50 bits per heavy atom. The van der Waals surface area contributed by atoms with Crippen LogP contribution in [0.1, 0.15) is 33.6 Å². The first-order chi connectivity index (χ1) is 4.57. The van der Waals surface area contributed by atoms with Crippen molar-refractivity contribution in [1.29, 1.82) is 0 Å². The Morgan fingerprint density at radius 3 is 2.10 bits per heavy atom. The fourth-order valence-electron chi connectivity index (χ4n) is 1.15. The molecule has 0 aromatic carbocycles. The normalized spacial score (nSPS) is 13.6. The van der Waals surface area contributed by atoms with Gasteiger partial charge in [-0.25, -0.2) is 0 Å². The molecule has 0 aliphatic carbocycles. The van der Waals surface area contributed by atoms with E-state index >= 15 is 0 Å². The van der Waals surface area contributed by atoms with Crippen LogP contribution in [-0.2, 0) is 0 Å². The Kier molecular flexibility index (Phi) is 4.17. The van der Waals surface area contributed by atoms with Crippen LogP contribution >= 0.6 is 0 Å². The molecule has 0 saturated heterocycles. The number of nitrogens with two attached hydrogens (primary N) is 1. The van der Waals surface area contributed by atoms with Crippen molar-refractivity contribution in [3.8, 4) is 0 Å². The molecule has 0 rings (SSSR count). The molecule has 0 fully saturated rings. The Hall–Kier alpha value is -0.460. The molecule has 0 aliphatic rings. The molecule has 10 heavy (non-hydrogen) atoms. The summed E-state index contributed by atoms with van der Waals surface area (Å²) in [6.07, 6.45) is 2.29. The molecule has 0 amide bonds. The summed E-state index contributed by atoms with van der Waals surface area (Å²) in [6, 6.07) is 0. The van der Waals surface area contributed by atoms with E-state index in [-0.39, 0.29) is 0 Å². The molecule has 0 bridgehead atoms. The highest BCUT2D eigenvalue weighted by Gasteiger charge is 2.08. The molecule has 2 N–H and O–H groups in total. The minimum Gasteiger partial charge on any atom is -0.402 e. The van der Waals surface area contributed by atoms with E-state index < -0.39 is 0 Å². The molecular formula is C9H19N. The summed E-state index contributed by atoms with van der Waals surface area (Å²) in [5.74, 6) is 1.25. The van der Waals surface area contributed by atoms with Crippen LogP contribution in [0.25, 0.3) is 0 Å². The predicted octanol–water partition coefficient (Wildman–Crippen LogP) is 2.53. The van der Waals surface area contributed by atoms with Gasteiger partial charge in [0.2, 0.25) is 0 Å². The van der Waals surface area contributed by atoms with E-state index in [4.69, 9.17) is 5.73 Å². The molecule has 0 aliphatic heterocycles. The van der Waals surface area contributed by atoms with Gasteiger partial charge < -0.3 is 5.73 Å². The summed E-state index contributed by atoms with van der Waals surface area (Å²) in [7, 11) is 0. The maximum absolute atomic E-state index is 5.60. The first-order valence-corrected chi connectivity index (χ1v) is 4.02. The monoisotopic (exact) mass is 141 g/mol. The summed E-state index contributed by atoms with van der Waals surface area (Å²) in [5.41, 5.74) is 6.44. The fraction of sp³-hybridized carbons (Fsp3) is 0.778. The van der Waals surface area contributed by atoms with Crippen LogP contribution in [0.4, 0.5) is 0 Å². The zero-order valence-electron chi connectivity index (χ0n) is 7.35. The fourth-order valence-corrected chi connectivity index (χ4v) is 1.15. The minimum absolute atomic E-state index is 0.528. The van der Waals surface area contributed by atoms with Crippen LogP contribution < -0.4 is 5.73 Å². The average molecular weight is 141 g/mol. The summed E-state index contributed by atoms with van der Waals surface area (Å²) < 4.78 is 0. The zero-order chi connectivity index (χ0) is 8.15. The van der Waals surface area contributed by atoms with Crippen LogP contribution in [0.2, 0.25) is 0 Å². The number of hydrogen-bond donors (Lipinski definition) is 1. The van der Waals surface area contributed by atoms with Gasteiger partial charge in [-0.2, -0.15) is 0 Å². The highest BCUT2D eigenvalue weighted by molar-refractivity contribution is 4.93. The molecule has 0 aromatic heterocycles. The first kappa shape index (κ1) is 9.54. The van der Waals surface area contributed by atoms with Crippen molar-refractivity contribution in [2.45, 2.75) is 33.6 Å². The highest BCUT2D eigenvalue weighted by atomic mass is 14.6. The van der Waals surface area contributed by atoms with Crippen molar-refractivity contribution < 1.29 is 0 Å². The molecule has 0 spiro atoms. The van der Waals surface area contributed by atoms with E-state index in [9.17, 15) is 0 Å².